The Hall–Kier alpha value is 0.350. The molecular formula is C2H4ClN2P. The van der Waals surface area contributed by atoms with Gasteiger partial charge in [-0.2, -0.15) is 0 Å². The van der Waals surface area contributed by atoms with Crippen molar-refractivity contribution in [1.82, 2.24) is 5.09 Å². The third-order valence-electron chi connectivity index (χ3n) is 0.496. The number of hydrogen-bond acceptors (Lipinski definition) is 2. The summed E-state index contributed by atoms with van der Waals surface area (Å²) in [6, 6.07) is 0. The Morgan fingerprint density at radius 2 is 2.83 bits per heavy atom. The van der Waals surface area contributed by atoms with Crippen molar-refractivity contribution in [2.24, 2.45) is 4.76 Å². The molecule has 1 unspecified atom stereocenters. The molecule has 4 heteroatoms. The van der Waals surface area contributed by atoms with Crippen molar-refractivity contribution in [1.29, 1.82) is 0 Å². The summed E-state index contributed by atoms with van der Waals surface area (Å²) in [6.45, 7) is 0.842. The maximum atomic E-state index is 5.47. The fourth-order valence-corrected chi connectivity index (χ4v) is 1.20. The molecule has 1 rings (SSSR count). The van der Waals surface area contributed by atoms with Gasteiger partial charge >= 0.3 is 0 Å². The van der Waals surface area contributed by atoms with Gasteiger partial charge in [-0.25, -0.2) is 4.76 Å². The third kappa shape index (κ3) is 0.904. The lowest BCUT2D eigenvalue weighted by atomic mass is 10.8. The molecular weight excluding hydrogens is 118 g/mol. The lowest BCUT2D eigenvalue weighted by Gasteiger charge is -1.88. The SMILES string of the molecule is ClP1N=CCN1. The minimum Gasteiger partial charge on any atom is -0.260 e. The molecule has 2 nitrogen and oxygen atoms in total. The van der Waals surface area contributed by atoms with E-state index in [4.69, 9.17) is 11.2 Å². The predicted molar refractivity (Wildman–Crippen MR) is 29.3 cm³/mol. The van der Waals surface area contributed by atoms with Gasteiger partial charge in [0.05, 0.1) is 0 Å². The molecule has 0 fully saturated rings. The van der Waals surface area contributed by atoms with Crippen LogP contribution in [0.3, 0.4) is 0 Å². The molecule has 0 spiro atoms. The Bertz CT molecular complexity index is 73.9. The minimum absolute atomic E-state index is 0.673. The second-order valence-electron chi connectivity index (χ2n) is 0.920. The van der Waals surface area contributed by atoms with Crippen LogP contribution in [0.1, 0.15) is 0 Å². The second kappa shape index (κ2) is 1.87. The molecule has 0 saturated heterocycles. The molecule has 0 aromatic rings. The first-order chi connectivity index (χ1) is 2.89. The highest BCUT2D eigenvalue weighted by atomic mass is 35.7. The molecule has 6 heavy (non-hydrogen) atoms. The summed E-state index contributed by atoms with van der Waals surface area (Å²) in [5.74, 6) is 0. The largest absolute Gasteiger partial charge is 0.260 e. The first kappa shape index (κ1) is 4.51. The van der Waals surface area contributed by atoms with E-state index in [1.54, 1.807) is 6.21 Å². The van der Waals surface area contributed by atoms with Gasteiger partial charge in [-0.05, 0) is 0 Å². The number of hydrogen-bond donors (Lipinski definition) is 1. The van der Waals surface area contributed by atoms with E-state index in [9.17, 15) is 0 Å². The summed E-state index contributed by atoms with van der Waals surface area (Å²) in [5, 5.41) is 2.93. The van der Waals surface area contributed by atoms with Crippen LogP contribution < -0.4 is 5.09 Å². The van der Waals surface area contributed by atoms with Crippen molar-refractivity contribution < 1.29 is 0 Å². The van der Waals surface area contributed by atoms with Gasteiger partial charge in [0.2, 0.25) is 0 Å². The van der Waals surface area contributed by atoms with Gasteiger partial charge in [0.25, 0.3) is 0 Å². The van der Waals surface area contributed by atoms with E-state index in [1.807, 2.05) is 0 Å². The average molecular weight is 122 g/mol. The number of nitrogens with one attached hydrogen (secondary N) is 1. The summed E-state index contributed by atoms with van der Waals surface area (Å²) < 4.78 is 3.83. The van der Waals surface area contributed by atoms with E-state index in [2.05, 4.69) is 9.85 Å². The van der Waals surface area contributed by atoms with Crippen LogP contribution in [0.4, 0.5) is 0 Å². The Balaban J connectivity index is 2.38. The summed E-state index contributed by atoms with van der Waals surface area (Å²) in [7, 11) is -0.673. The van der Waals surface area contributed by atoms with Crippen molar-refractivity contribution in [2.75, 3.05) is 6.54 Å². The summed E-state index contributed by atoms with van der Waals surface area (Å²) in [6.07, 6.45) is 1.79. The van der Waals surface area contributed by atoms with Gasteiger partial charge in [0.15, 0.2) is 7.58 Å². The Labute approximate surface area is 42.3 Å². The highest BCUT2D eigenvalue weighted by Gasteiger charge is 2.01. The van der Waals surface area contributed by atoms with Crippen molar-refractivity contribution >= 4 is 25.0 Å². The molecule has 0 aromatic heterocycles. The van der Waals surface area contributed by atoms with Crippen LogP contribution in [0.25, 0.3) is 0 Å². The molecule has 0 saturated carbocycles. The molecule has 0 radical (unpaired) electrons. The zero-order valence-corrected chi connectivity index (χ0v) is 4.71. The van der Waals surface area contributed by atoms with Crippen LogP contribution in [0.5, 0.6) is 0 Å². The van der Waals surface area contributed by atoms with E-state index in [0.29, 0.717) is 0 Å². The summed E-state index contributed by atoms with van der Waals surface area (Å²) in [4.78, 5) is 0. The topological polar surface area (TPSA) is 24.4 Å². The van der Waals surface area contributed by atoms with Crippen LogP contribution in [0.2, 0.25) is 0 Å². The summed E-state index contributed by atoms with van der Waals surface area (Å²) >= 11 is 5.47. The molecule has 1 aliphatic rings. The standard InChI is InChI=1S/C2H4ClN2P/c3-6-4-1-2-5-6/h1,5H,2H2. The molecule has 34 valence electrons. The van der Waals surface area contributed by atoms with Crippen LogP contribution >= 0.6 is 18.8 Å². The van der Waals surface area contributed by atoms with Crippen molar-refractivity contribution in [3.8, 4) is 0 Å². The Kier molecular flexibility index (Phi) is 1.41. The van der Waals surface area contributed by atoms with Crippen molar-refractivity contribution in [3.63, 3.8) is 0 Å². The minimum atomic E-state index is -0.673. The first-order valence-corrected chi connectivity index (χ1v) is 3.81. The highest BCUT2D eigenvalue weighted by Crippen LogP contribution is 2.39. The van der Waals surface area contributed by atoms with Crippen LogP contribution in [-0.4, -0.2) is 12.8 Å². The van der Waals surface area contributed by atoms with E-state index in [-0.39, 0.29) is 0 Å². The molecule has 1 heterocycles. The van der Waals surface area contributed by atoms with Crippen molar-refractivity contribution in [2.45, 2.75) is 0 Å². The number of nitrogens with zero attached hydrogens (tertiary/aromatic N) is 1. The average Bonchev–Trinajstić information content (AvgIpc) is 1.86. The smallest absolute Gasteiger partial charge is 0.185 e. The Morgan fingerprint density at radius 3 is 3.00 bits per heavy atom. The van der Waals surface area contributed by atoms with E-state index in [0.717, 1.165) is 6.54 Å². The van der Waals surface area contributed by atoms with Gasteiger partial charge in [0.1, 0.15) is 0 Å². The fourth-order valence-electron chi connectivity index (χ4n) is 0.269. The van der Waals surface area contributed by atoms with Crippen LogP contribution in [-0.2, 0) is 0 Å². The molecule has 1 atom stereocenters. The molecule has 1 aliphatic heterocycles. The maximum absolute atomic E-state index is 5.47. The third-order valence-corrected chi connectivity index (χ3v) is 1.93. The lowest BCUT2D eigenvalue weighted by molar-refractivity contribution is 1.21. The van der Waals surface area contributed by atoms with E-state index < -0.39 is 7.58 Å². The lowest BCUT2D eigenvalue weighted by Crippen LogP contribution is -1.97. The number of halogens is 1. The van der Waals surface area contributed by atoms with Crippen molar-refractivity contribution in [3.05, 3.63) is 0 Å². The van der Waals surface area contributed by atoms with E-state index >= 15 is 0 Å². The van der Waals surface area contributed by atoms with Gasteiger partial charge in [0, 0.05) is 12.8 Å². The monoisotopic (exact) mass is 122 g/mol. The van der Waals surface area contributed by atoms with Gasteiger partial charge in [-0.1, -0.05) is 11.2 Å². The molecule has 0 amide bonds. The normalized spacial score (nSPS) is 31.8. The van der Waals surface area contributed by atoms with Gasteiger partial charge in [-0.15, -0.1) is 0 Å². The van der Waals surface area contributed by atoms with Crippen LogP contribution in [0.15, 0.2) is 4.76 Å². The molecule has 1 N–H and O–H groups in total. The zero-order valence-electron chi connectivity index (χ0n) is 3.06. The molecule has 0 aliphatic carbocycles. The molecule has 0 aromatic carbocycles. The highest BCUT2D eigenvalue weighted by molar-refractivity contribution is 7.81. The maximum Gasteiger partial charge on any atom is 0.185 e. The first-order valence-electron chi connectivity index (χ1n) is 1.61. The quantitative estimate of drug-likeness (QED) is 0.479. The zero-order chi connectivity index (χ0) is 4.41. The predicted octanol–water partition coefficient (Wildman–Crippen LogP) is 1.13. The van der Waals surface area contributed by atoms with Crippen LogP contribution in [0, 0.1) is 0 Å². The van der Waals surface area contributed by atoms with Gasteiger partial charge < -0.3 is 0 Å². The summed E-state index contributed by atoms with van der Waals surface area (Å²) in [5.41, 5.74) is 0. The second-order valence-corrected chi connectivity index (χ2v) is 2.95. The van der Waals surface area contributed by atoms with Gasteiger partial charge in [-0.3, -0.25) is 5.09 Å². The fraction of sp³-hybridized carbons (Fsp3) is 0.500. The van der Waals surface area contributed by atoms with E-state index in [1.165, 1.54) is 0 Å². The number of rotatable bonds is 0. The Morgan fingerprint density at radius 1 is 2.00 bits per heavy atom. The molecule has 0 bridgehead atoms.